The predicted molar refractivity (Wildman–Crippen MR) is 75.0 cm³/mol. The van der Waals surface area contributed by atoms with Crippen molar-refractivity contribution in [1.82, 2.24) is 10.2 Å². The van der Waals surface area contributed by atoms with E-state index in [-0.39, 0.29) is 0 Å². The Hall–Kier alpha value is -0.520. The van der Waals surface area contributed by atoms with E-state index in [4.69, 9.17) is 0 Å². The highest BCUT2D eigenvalue weighted by Gasteiger charge is 2.39. The molecule has 1 rings (SSSR count). The third-order valence-electron chi connectivity index (χ3n) is 4.34. The van der Waals surface area contributed by atoms with E-state index in [1.807, 2.05) is 6.92 Å². The lowest BCUT2D eigenvalue weighted by molar-refractivity contribution is 0.0855. The van der Waals surface area contributed by atoms with Crippen molar-refractivity contribution in [2.75, 3.05) is 21.1 Å². The van der Waals surface area contributed by atoms with E-state index < -0.39 is 0 Å². The van der Waals surface area contributed by atoms with Crippen molar-refractivity contribution in [3.05, 3.63) is 0 Å². The Labute approximate surface area is 107 Å². The van der Waals surface area contributed by atoms with Crippen molar-refractivity contribution in [3.63, 3.8) is 0 Å². The topological polar surface area (TPSA) is 15.3 Å². The summed E-state index contributed by atoms with van der Waals surface area (Å²) in [6.07, 6.45) is 9.07. The second-order valence-corrected chi connectivity index (χ2v) is 5.38. The monoisotopic (exact) mass is 236 g/mol. The number of hydrogen-bond donors (Lipinski definition) is 1. The largest absolute Gasteiger partial charge is 0.314 e. The molecule has 17 heavy (non-hydrogen) atoms. The molecule has 98 valence electrons. The summed E-state index contributed by atoms with van der Waals surface area (Å²) in [4.78, 5) is 2.44. The van der Waals surface area contributed by atoms with E-state index in [1.54, 1.807) is 0 Å². The maximum Gasteiger partial charge on any atom is 0.0365 e. The van der Waals surface area contributed by atoms with Crippen LogP contribution in [0.2, 0.25) is 0 Å². The third kappa shape index (κ3) is 3.47. The highest BCUT2D eigenvalue weighted by molar-refractivity contribution is 5.07. The van der Waals surface area contributed by atoms with E-state index >= 15 is 0 Å². The molecule has 0 aromatic heterocycles. The van der Waals surface area contributed by atoms with Crippen LogP contribution < -0.4 is 5.32 Å². The van der Waals surface area contributed by atoms with Gasteiger partial charge >= 0.3 is 0 Å². The smallest absolute Gasteiger partial charge is 0.0365 e. The molecule has 1 aliphatic carbocycles. The summed E-state index contributed by atoms with van der Waals surface area (Å²) in [5, 5.41) is 3.51. The fourth-order valence-electron chi connectivity index (χ4n) is 3.21. The quantitative estimate of drug-likeness (QED) is 0.596. The molecule has 1 N–H and O–H groups in total. The van der Waals surface area contributed by atoms with Gasteiger partial charge in [-0.1, -0.05) is 25.7 Å². The fourth-order valence-corrected chi connectivity index (χ4v) is 3.21. The van der Waals surface area contributed by atoms with E-state index in [0.717, 1.165) is 6.42 Å². The van der Waals surface area contributed by atoms with Crippen molar-refractivity contribution in [3.8, 4) is 11.8 Å². The first kappa shape index (κ1) is 14.5. The molecule has 1 aliphatic rings. The Kier molecular flexibility index (Phi) is 6.02. The minimum Gasteiger partial charge on any atom is -0.314 e. The predicted octanol–water partition coefficient (Wildman–Crippen LogP) is 2.64. The van der Waals surface area contributed by atoms with Crippen molar-refractivity contribution in [2.45, 2.75) is 63.5 Å². The molecule has 2 nitrogen and oxygen atoms in total. The molecule has 0 amide bonds. The van der Waals surface area contributed by atoms with Crippen LogP contribution in [-0.4, -0.2) is 37.6 Å². The zero-order valence-corrected chi connectivity index (χ0v) is 12.0. The van der Waals surface area contributed by atoms with Crippen LogP contribution in [0.4, 0.5) is 0 Å². The third-order valence-corrected chi connectivity index (χ3v) is 4.34. The second-order valence-electron chi connectivity index (χ2n) is 5.38. The Balaban J connectivity index is 2.88. The SMILES string of the molecule is CC#CCC(NC)C1(N(C)C)CCCCCC1. The summed E-state index contributed by atoms with van der Waals surface area (Å²) >= 11 is 0. The standard InChI is InChI=1S/C15H28N2/c1-5-6-11-14(16-2)15(17(3)4)12-9-7-8-10-13-15/h14,16H,7-13H2,1-4H3. The van der Waals surface area contributed by atoms with Crippen LogP contribution in [0.5, 0.6) is 0 Å². The number of likely N-dealkylation sites (N-methyl/N-ethyl adjacent to an activating group) is 2. The second kappa shape index (κ2) is 7.03. The van der Waals surface area contributed by atoms with Crippen LogP contribution in [0, 0.1) is 11.8 Å². The highest BCUT2D eigenvalue weighted by atomic mass is 15.2. The van der Waals surface area contributed by atoms with Crippen LogP contribution in [0.1, 0.15) is 51.9 Å². The molecule has 2 heteroatoms. The van der Waals surface area contributed by atoms with Crippen LogP contribution >= 0.6 is 0 Å². The summed E-state index contributed by atoms with van der Waals surface area (Å²) in [5.41, 5.74) is 0.301. The molecule has 1 saturated carbocycles. The molecule has 0 aromatic carbocycles. The molecular formula is C15H28N2. The molecule has 1 fully saturated rings. The van der Waals surface area contributed by atoms with Gasteiger partial charge in [0, 0.05) is 18.0 Å². The van der Waals surface area contributed by atoms with Gasteiger partial charge in [-0.2, -0.15) is 0 Å². The average molecular weight is 236 g/mol. The Morgan fingerprint density at radius 3 is 2.18 bits per heavy atom. The Morgan fingerprint density at radius 1 is 1.18 bits per heavy atom. The molecule has 0 aromatic rings. The van der Waals surface area contributed by atoms with Gasteiger partial charge < -0.3 is 10.2 Å². The first-order chi connectivity index (χ1) is 8.17. The van der Waals surface area contributed by atoms with Crippen LogP contribution in [0.25, 0.3) is 0 Å². The van der Waals surface area contributed by atoms with Gasteiger partial charge in [-0.05, 0) is 40.9 Å². The summed E-state index contributed by atoms with van der Waals surface area (Å²) in [6.45, 7) is 1.93. The van der Waals surface area contributed by atoms with Crippen LogP contribution in [-0.2, 0) is 0 Å². The Bertz CT molecular complexity index is 264. The number of rotatable bonds is 4. The van der Waals surface area contributed by atoms with Crippen molar-refractivity contribution in [1.29, 1.82) is 0 Å². The van der Waals surface area contributed by atoms with E-state index in [0.29, 0.717) is 11.6 Å². The molecule has 0 bridgehead atoms. The normalized spacial score (nSPS) is 21.5. The van der Waals surface area contributed by atoms with Gasteiger partial charge in [0.05, 0.1) is 0 Å². The maximum absolute atomic E-state index is 3.51. The van der Waals surface area contributed by atoms with Gasteiger partial charge in [0.25, 0.3) is 0 Å². The maximum atomic E-state index is 3.51. The molecule has 1 unspecified atom stereocenters. The summed E-state index contributed by atoms with van der Waals surface area (Å²) in [5.74, 6) is 6.29. The average Bonchev–Trinajstić information content (AvgIpc) is 2.57. The first-order valence-corrected chi connectivity index (χ1v) is 6.91. The van der Waals surface area contributed by atoms with E-state index in [2.05, 4.69) is 43.2 Å². The summed E-state index contributed by atoms with van der Waals surface area (Å²) in [7, 11) is 6.54. The molecule has 0 saturated heterocycles. The van der Waals surface area contributed by atoms with Crippen LogP contribution in [0.15, 0.2) is 0 Å². The molecule has 0 aliphatic heterocycles. The Morgan fingerprint density at radius 2 is 1.76 bits per heavy atom. The lowest BCUT2D eigenvalue weighted by Crippen LogP contribution is -2.58. The number of nitrogens with one attached hydrogen (secondary N) is 1. The first-order valence-electron chi connectivity index (χ1n) is 6.91. The number of hydrogen-bond acceptors (Lipinski definition) is 2. The minimum atomic E-state index is 0.301. The zero-order chi connectivity index (χ0) is 12.7. The molecule has 0 radical (unpaired) electrons. The zero-order valence-electron chi connectivity index (χ0n) is 12.0. The minimum absolute atomic E-state index is 0.301. The summed E-state index contributed by atoms with van der Waals surface area (Å²) < 4.78 is 0. The molecule has 1 atom stereocenters. The van der Waals surface area contributed by atoms with Crippen molar-refractivity contribution < 1.29 is 0 Å². The van der Waals surface area contributed by atoms with Gasteiger partial charge in [-0.25, -0.2) is 0 Å². The number of nitrogens with zero attached hydrogens (tertiary/aromatic N) is 1. The molecule has 0 spiro atoms. The summed E-state index contributed by atoms with van der Waals surface area (Å²) in [6, 6.07) is 0.489. The van der Waals surface area contributed by atoms with Gasteiger partial charge in [0.2, 0.25) is 0 Å². The van der Waals surface area contributed by atoms with Gasteiger partial charge in [-0.3, -0.25) is 0 Å². The lowest BCUT2D eigenvalue weighted by Gasteiger charge is -2.45. The molecular weight excluding hydrogens is 208 g/mol. The van der Waals surface area contributed by atoms with Gasteiger partial charge in [-0.15, -0.1) is 11.8 Å². The van der Waals surface area contributed by atoms with Gasteiger partial charge in [0.15, 0.2) is 0 Å². The van der Waals surface area contributed by atoms with Crippen LogP contribution in [0.3, 0.4) is 0 Å². The lowest BCUT2D eigenvalue weighted by atomic mass is 9.80. The molecule has 0 heterocycles. The van der Waals surface area contributed by atoms with Crippen molar-refractivity contribution in [2.24, 2.45) is 0 Å². The fraction of sp³-hybridized carbons (Fsp3) is 0.867. The van der Waals surface area contributed by atoms with E-state index in [9.17, 15) is 0 Å². The van der Waals surface area contributed by atoms with E-state index in [1.165, 1.54) is 38.5 Å². The van der Waals surface area contributed by atoms with Crippen molar-refractivity contribution >= 4 is 0 Å². The highest BCUT2D eigenvalue weighted by Crippen LogP contribution is 2.35. The van der Waals surface area contributed by atoms with Gasteiger partial charge in [0.1, 0.15) is 0 Å².